The maximum Gasteiger partial charge on any atom is 0.264 e. The number of carbonyl (C=O) groups is 3. The molecular formula is C27H34N4O3. The Bertz CT molecular complexity index is 1020. The largest absolute Gasteiger partial charge is 0.350 e. The van der Waals surface area contributed by atoms with Crippen molar-refractivity contribution in [1.82, 2.24) is 15.1 Å². The third kappa shape index (κ3) is 5.65. The summed E-state index contributed by atoms with van der Waals surface area (Å²) in [5.74, 6) is -0.630. The molecule has 1 aliphatic heterocycles. The highest BCUT2D eigenvalue weighted by Gasteiger charge is 2.43. The van der Waals surface area contributed by atoms with E-state index in [-0.39, 0.29) is 29.8 Å². The highest BCUT2D eigenvalue weighted by Crippen LogP contribution is 2.23. The number of nitrogens with two attached hydrogens (primary N) is 1. The van der Waals surface area contributed by atoms with Crippen LogP contribution in [0.3, 0.4) is 0 Å². The first-order valence-corrected chi connectivity index (χ1v) is 12.2. The number of rotatable bonds is 6. The van der Waals surface area contributed by atoms with Gasteiger partial charge >= 0.3 is 0 Å². The summed E-state index contributed by atoms with van der Waals surface area (Å²) in [6.45, 7) is 2.61. The third-order valence-corrected chi connectivity index (χ3v) is 6.84. The molecule has 0 bridgehead atoms. The van der Waals surface area contributed by atoms with Gasteiger partial charge in [0, 0.05) is 37.2 Å². The van der Waals surface area contributed by atoms with Gasteiger partial charge in [-0.3, -0.25) is 14.4 Å². The molecule has 0 radical (unpaired) electrons. The first kappa shape index (κ1) is 24.0. The number of nitrogens with one attached hydrogen (secondary N) is 1. The summed E-state index contributed by atoms with van der Waals surface area (Å²) >= 11 is 0. The van der Waals surface area contributed by atoms with Crippen molar-refractivity contribution in [2.45, 2.75) is 63.7 Å². The van der Waals surface area contributed by atoms with E-state index < -0.39 is 6.17 Å². The van der Waals surface area contributed by atoms with Gasteiger partial charge in [0.15, 0.2) is 6.17 Å². The molecule has 1 saturated carbocycles. The van der Waals surface area contributed by atoms with E-state index in [0.29, 0.717) is 31.5 Å². The van der Waals surface area contributed by atoms with E-state index in [1.54, 1.807) is 15.9 Å². The van der Waals surface area contributed by atoms with Crippen molar-refractivity contribution in [2.75, 3.05) is 13.1 Å². The van der Waals surface area contributed by atoms with E-state index in [0.717, 1.165) is 36.8 Å². The van der Waals surface area contributed by atoms with E-state index in [1.165, 1.54) is 0 Å². The highest BCUT2D eigenvalue weighted by atomic mass is 16.2. The van der Waals surface area contributed by atoms with Crippen LogP contribution in [0, 0.1) is 6.92 Å². The molecule has 7 heteroatoms. The third-order valence-electron chi connectivity index (χ3n) is 6.84. The van der Waals surface area contributed by atoms with Crippen LogP contribution in [0.4, 0.5) is 0 Å². The Morgan fingerprint density at radius 2 is 1.65 bits per heavy atom. The smallest absolute Gasteiger partial charge is 0.264 e. The summed E-state index contributed by atoms with van der Waals surface area (Å²) in [4.78, 5) is 43.2. The maximum atomic E-state index is 13.5. The number of aryl methyl sites for hydroxylation is 2. The topological polar surface area (TPSA) is 95.7 Å². The van der Waals surface area contributed by atoms with Gasteiger partial charge in [0.25, 0.3) is 11.8 Å². The molecule has 34 heavy (non-hydrogen) atoms. The Balaban J connectivity index is 1.51. The molecule has 1 heterocycles. The Morgan fingerprint density at radius 3 is 2.35 bits per heavy atom. The summed E-state index contributed by atoms with van der Waals surface area (Å²) in [5.41, 5.74) is 8.58. The zero-order valence-electron chi connectivity index (χ0n) is 19.8. The standard InChI is InChI=1S/C27H34N4O3/c1-19-6-5-9-21(18-19)27(34)31-17-16-30(24(32)15-10-20-7-3-2-4-8-20)26(31)25(33)29-23-13-11-22(28)12-14-23/h2-9,18,22-23,26H,10-17,28H2,1H3,(H,29,33). The van der Waals surface area contributed by atoms with Crippen LogP contribution in [0.1, 0.15) is 53.6 Å². The lowest BCUT2D eigenvalue weighted by Gasteiger charge is -2.33. The van der Waals surface area contributed by atoms with Gasteiger partial charge in [-0.1, -0.05) is 48.0 Å². The SMILES string of the molecule is Cc1cccc(C(=O)N2CCN(C(=O)CCc3ccccc3)C2C(=O)NC2CCC(N)CC2)c1. The van der Waals surface area contributed by atoms with Crippen molar-refractivity contribution in [2.24, 2.45) is 5.73 Å². The van der Waals surface area contributed by atoms with Gasteiger partial charge in [0.1, 0.15) is 0 Å². The molecule has 180 valence electrons. The van der Waals surface area contributed by atoms with Crippen LogP contribution >= 0.6 is 0 Å². The van der Waals surface area contributed by atoms with Gasteiger partial charge in [-0.25, -0.2) is 0 Å². The number of nitrogens with zero attached hydrogens (tertiary/aromatic N) is 2. The molecule has 2 aromatic carbocycles. The van der Waals surface area contributed by atoms with Gasteiger partial charge in [0.2, 0.25) is 5.91 Å². The van der Waals surface area contributed by atoms with Crippen molar-refractivity contribution in [1.29, 1.82) is 0 Å². The van der Waals surface area contributed by atoms with Gasteiger partial charge < -0.3 is 20.9 Å². The van der Waals surface area contributed by atoms with Crippen LogP contribution in [0.15, 0.2) is 54.6 Å². The molecule has 4 rings (SSSR count). The van der Waals surface area contributed by atoms with Gasteiger partial charge in [-0.05, 0) is 56.7 Å². The molecule has 2 aromatic rings. The molecule has 7 nitrogen and oxygen atoms in total. The molecule has 2 aliphatic rings. The van der Waals surface area contributed by atoms with E-state index in [2.05, 4.69) is 5.32 Å². The van der Waals surface area contributed by atoms with Crippen LogP contribution in [-0.4, -0.2) is 58.9 Å². The number of carbonyl (C=O) groups excluding carboxylic acids is 3. The second kappa shape index (κ2) is 10.8. The molecule has 0 spiro atoms. The fourth-order valence-electron chi connectivity index (χ4n) is 4.91. The van der Waals surface area contributed by atoms with E-state index >= 15 is 0 Å². The molecule has 3 amide bonds. The van der Waals surface area contributed by atoms with Gasteiger partial charge in [-0.15, -0.1) is 0 Å². The minimum absolute atomic E-state index is 0.0186. The fourth-order valence-corrected chi connectivity index (χ4v) is 4.91. The van der Waals surface area contributed by atoms with E-state index in [9.17, 15) is 14.4 Å². The Kier molecular flexibility index (Phi) is 7.63. The highest BCUT2D eigenvalue weighted by molar-refractivity contribution is 5.99. The zero-order chi connectivity index (χ0) is 24.1. The normalized spacial score (nSPS) is 22.5. The van der Waals surface area contributed by atoms with E-state index in [4.69, 9.17) is 5.73 Å². The molecule has 3 N–H and O–H groups in total. The molecule has 0 aromatic heterocycles. The molecule has 1 atom stereocenters. The van der Waals surface area contributed by atoms with Crippen molar-refractivity contribution < 1.29 is 14.4 Å². The second-order valence-electron chi connectivity index (χ2n) is 9.43. The minimum Gasteiger partial charge on any atom is -0.350 e. The predicted molar refractivity (Wildman–Crippen MR) is 131 cm³/mol. The molecule has 1 aliphatic carbocycles. The Labute approximate surface area is 201 Å². The predicted octanol–water partition coefficient (Wildman–Crippen LogP) is 2.62. The van der Waals surface area contributed by atoms with Crippen LogP contribution in [0.5, 0.6) is 0 Å². The van der Waals surface area contributed by atoms with Crippen molar-refractivity contribution in [3.63, 3.8) is 0 Å². The summed E-state index contributed by atoms with van der Waals surface area (Å²) in [6, 6.07) is 17.4. The molecular weight excluding hydrogens is 428 g/mol. The lowest BCUT2D eigenvalue weighted by molar-refractivity contribution is -0.141. The summed E-state index contributed by atoms with van der Waals surface area (Å²) in [7, 11) is 0. The van der Waals surface area contributed by atoms with Crippen LogP contribution in [-0.2, 0) is 16.0 Å². The molecule has 1 saturated heterocycles. The second-order valence-corrected chi connectivity index (χ2v) is 9.43. The Hall–Kier alpha value is -3.19. The Morgan fingerprint density at radius 1 is 0.941 bits per heavy atom. The number of hydrogen-bond donors (Lipinski definition) is 2. The average Bonchev–Trinajstić information content (AvgIpc) is 3.29. The molecule has 1 unspecified atom stereocenters. The summed E-state index contributed by atoms with van der Waals surface area (Å²) in [6.07, 6.45) is 3.30. The summed E-state index contributed by atoms with van der Waals surface area (Å²) in [5, 5.41) is 3.11. The first-order chi connectivity index (χ1) is 16.4. The fraction of sp³-hybridized carbons (Fsp3) is 0.444. The first-order valence-electron chi connectivity index (χ1n) is 12.2. The van der Waals surface area contributed by atoms with Gasteiger partial charge in [0.05, 0.1) is 0 Å². The van der Waals surface area contributed by atoms with Gasteiger partial charge in [-0.2, -0.15) is 0 Å². The van der Waals surface area contributed by atoms with Crippen LogP contribution < -0.4 is 11.1 Å². The summed E-state index contributed by atoms with van der Waals surface area (Å²) < 4.78 is 0. The maximum absolute atomic E-state index is 13.5. The zero-order valence-corrected chi connectivity index (χ0v) is 19.8. The molecule has 2 fully saturated rings. The lowest BCUT2D eigenvalue weighted by Crippen LogP contribution is -2.56. The number of hydrogen-bond acceptors (Lipinski definition) is 4. The van der Waals surface area contributed by atoms with Crippen LogP contribution in [0.2, 0.25) is 0 Å². The minimum atomic E-state index is -0.938. The average molecular weight is 463 g/mol. The van der Waals surface area contributed by atoms with Crippen molar-refractivity contribution >= 4 is 17.7 Å². The van der Waals surface area contributed by atoms with Crippen LogP contribution in [0.25, 0.3) is 0 Å². The number of benzene rings is 2. The van der Waals surface area contributed by atoms with Crippen molar-refractivity contribution in [3.05, 3.63) is 71.3 Å². The van der Waals surface area contributed by atoms with E-state index in [1.807, 2.05) is 55.5 Å². The monoisotopic (exact) mass is 462 g/mol. The number of amides is 3. The quantitative estimate of drug-likeness (QED) is 0.690. The van der Waals surface area contributed by atoms with Crippen molar-refractivity contribution in [3.8, 4) is 0 Å². The lowest BCUT2D eigenvalue weighted by atomic mass is 9.92.